The maximum atomic E-state index is 6.26. The third-order valence-corrected chi connectivity index (χ3v) is 4.03. The molecule has 1 aromatic rings. The summed E-state index contributed by atoms with van der Waals surface area (Å²) in [7, 11) is 2.06. The van der Waals surface area contributed by atoms with Gasteiger partial charge < -0.3 is 10.2 Å². The molecule has 1 heterocycles. The van der Waals surface area contributed by atoms with Crippen molar-refractivity contribution in [2.75, 3.05) is 23.8 Å². The van der Waals surface area contributed by atoms with Crippen LogP contribution in [0.25, 0.3) is 0 Å². The smallest absolute Gasteiger partial charge is 0.149 e. The van der Waals surface area contributed by atoms with Crippen LogP contribution < -0.4 is 10.2 Å². The van der Waals surface area contributed by atoms with Gasteiger partial charge in [0.2, 0.25) is 0 Å². The summed E-state index contributed by atoms with van der Waals surface area (Å²) in [6.45, 7) is 2.81. The quantitative estimate of drug-likeness (QED) is 0.900. The molecule has 3 nitrogen and oxygen atoms in total. The van der Waals surface area contributed by atoms with E-state index in [1.165, 1.54) is 25.7 Å². The van der Waals surface area contributed by atoms with Gasteiger partial charge in [0, 0.05) is 19.6 Å². The van der Waals surface area contributed by atoms with Crippen LogP contribution in [0.15, 0.2) is 6.07 Å². The lowest BCUT2D eigenvalue weighted by Gasteiger charge is -2.27. The first-order chi connectivity index (χ1) is 8.63. The molecule has 1 aliphatic rings. The normalized spacial score (nSPS) is 16.0. The van der Waals surface area contributed by atoms with Crippen molar-refractivity contribution in [2.45, 2.75) is 38.6 Å². The highest BCUT2D eigenvalue weighted by Gasteiger charge is 2.23. The largest absolute Gasteiger partial charge is 0.369 e. The first-order valence-electron chi connectivity index (χ1n) is 6.46. The monoisotopic (exact) mass is 287 g/mol. The minimum absolute atomic E-state index is 0.547. The molecule has 5 heteroatoms. The van der Waals surface area contributed by atoms with Gasteiger partial charge in [0.1, 0.15) is 11.6 Å². The second kappa shape index (κ2) is 5.98. The predicted molar refractivity (Wildman–Crippen MR) is 79.1 cm³/mol. The molecule has 1 aromatic heterocycles. The average Bonchev–Trinajstić information content (AvgIpc) is 2.85. The van der Waals surface area contributed by atoms with Gasteiger partial charge in [0.15, 0.2) is 0 Å². The maximum Gasteiger partial charge on any atom is 0.149 e. The van der Waals surface area contributed by atoms with Crippen molar-refractivity contribution in [1.29, 1.82) is 0 Å². The van der Waals surface area contributed by atoms with Gasteiger partial charge in [-0.3, -0.25) is 0 Å². The summed E-state index contributed by atoms with van der Waals surface area (Å²) in [4.78, 5) is 6.74. The molecule has 0 aliphatic heterocycles. The van der Waals surface area contributed by atoms with Crippen LogP contribution in [0.1, 0.15) is 32.6 Å². The molecule has 1 N–H and O–H groups in total. The van der Waals surface area contributed by atoms with E-state index in [0.717, 1.165) is 12.4 Å². The molecule has 100 valence electrons. The van der Waals surface area contributed by atoms with Crippen molar-refractivity contribution >= 4 is 34.8 Å². The minimum Gasteiger partial charge on any atom is -0.369 e. The number of pyridine rings is 1. The standard InChI is InChI=1S/C13H19Cl2N3/c1-3-16-12-10(14)8-11(15)13(17-12)18(2)9-6-4-5-7-9/h8-9H,3-7H2,1-2H3,(H,16,17). The van der Waals surface area contributed by atoms with E-state index in [-0.39, 0.29) is 0 Å². The topological polar surface area (TPSA) is 28.2 Å². The zero-order valence-corrected chi connectivity index (χ0v) is 12.4. The van der Waals surface area contributed by atoms with Crippen LogP contribution in [0.5, 0.6) is 0 Å². The number of halogens is 2. The fourth-order valence-corrected chi connectivity index (χ4v) is 3.02. The molecular weight excluding hydrogens is 269 g/mol. The van der Waals surface area contributed by atoms with Crippen molar-refractivity contribution in [3.8, 4) is 0 Å². The summed E-state index contributed by atoms with van der Waals surface area (Å²) in [6, 6.07) is 2.32. The van der Waals surface area contributed by atoms with Crippen molar-refractivity contribution in [1.82, 2.24) is 4.98 Å². The first kappa shape index (κ1) is 13.8. The molecule has 1 saturated carbocycles. The summed E-state index contributed by atoms with van der Waals surface area (Å²) in [5, 5.41) is 4.36. The Bertz CT molecular complexity index is 417. The van der Waals surface area contributed by atoms with Crippen molar-refractivity contribution in [3.63, 3.8) is 0 Å². The first-order valence-corrected chi connectivity index (χ1v) is 7.21. The SMILES string of the molecule is CCNc1nc(N(C)C2CCCC2)c(Cl)cc1Cl. The minimum atomic E-state index is 0.547. The molecule has 0 unspecified atom stereocenters. The summed E-state index contributed by atoms with van der Waals surface area (Å²) < 4.78 is 0. The molecular formula is C13H19Cl2N3. The van der Waals surface area contributed by atoms with Crippen LogP contribution in [-0.2, 0) is 0 Å². The Balaban J connectivity index is 2.27. The molecule has 0 bridgehead atoms. The molecule has 0 radical (unpaired) electrons. The van der Waals surface area contributed by atoms with E-state index >= 15 is 0 Å². The third-order valence-electron chi connectivity index (χ3n) is 3.46. The fraction of sp³-hybridized carbons (Fsp3) is 0.615. The number of hydrogen-bond acceptors (Lipinski definition) is 3. The number of anilines is 2. The van der Waals surface area contributed by atoms with E-state index in [0.29, 0.717) is 21.9 Å². The fourth-order valence-electron chi connectivity index (χ4n) is 2.46. The summed E-state index contributed by atoms with van der Waals surface area (Å²) in [5.74, 6) is 1.53. The maximum absolute atomic E-state index is 6.26. The third kappa shape index (κ3) is 2.83. The summed E-state index contributed by atoms with van der Waals surface area (Å²) in [6.07, 6.45) is 5.02. The highest BCUT2D eigenvalue weighted by Crippen LogP contribution is 2.34. The molecule has 0 saturated heterocycles. The molecule has 1 aliphatic carbocycles. The van der Waals surface area contributed by atoms with Gasteiger partial charge in [0.25, 0.3) is 0 Å². The zero-order chi connectivity index (χ0) is 13.1. The van der Waals surface area contributed by atoms with Crippen LogP contribution in [0, 0.1) is 0 Å². The number of nitrogens with zero attached hydrogens (tertiary/aromatic N) is 2. The highest BCUT2D eigenvalue weighted by atomic mass is 35.5. The Labute approximate surface area is 118 Å². The highest BCUT2D eigenvalue weighted by molar-refractivity contribution is 6.37. The molecule has 0 spiro atoms. The van der Waals surface area contributed by atoms with Gasteiger partial charge in [-0.1, -0.05) is 36.0 Å². The van der Waals surface area contributed by atoms with Crippen molar-refractivity contribution in [2.24, 2.45) is 0 Å². The van der Waals surface area contributed by atoms with Crippen LogP contribution in [0.2, 0.25) is 10.0 Å². The summed E-state index contributed by atoms with van der Waals surface area (Å²) in [5.41, 5.74) is 0. The molecule has 0 aromatic carbocycles. The van der Waals surface area contributed by atoms with E-state index in [4.69, 9.17) is 23.2 Å². The number of nitrogens with one attached hydrogen (secondary N) is 1. The van der Waals surface area contributed by atoms with Crippen LogP contribution in [0.3, 0.4) is 0 Å². The second-order valence-electron chi connectivity index (χ2n) is 4.70. The Hall–Kier alpha value is -0.670. The number of aromatic nitrogens is 1. The van der Waals surface area contributed by atoms with Crippen molar-refractivity contribution < 1.29 is 0 Å². The Morgan fingerprint density at radius 2 is 2.00 bits per heavy atom. The number of rotatable bonds is 4. The molecule has 0 amide bonds. The van der Waals surface area contributed by atoms with E-state index < -0.39 is 0 Å². The van der Waals surface area contributed by atoms with Gasteiger partial charge in [-0.25, -0.2) is 4.98 Å². The van der Waals surface area contributed by atoms with Gasteiger partial charge in [-0.05, 0) is 25.8 Å². The van der Waals surface area contributed by atoms with Gasteiger partial charge in [-0.15, -0.1) is 0 Å². The van der Waals surface area contributed by atoms with Gasteiger partial charge in [-0.2, -0.15) is 0 Å². The van der Waals surface area contributed by atoms with Gasteiger partial charge in [0.05, 0.1) is 10.0 Å². The lowest BCUT2D eigenvalue weighted by Crippen LogP contribution is -2.30. The van der Waals surface area contributed by atoms with E-state index in [9.17, 15) is 0 Å². The van der Waals surface area contributed by atoms with Gasteiger partial charge >= 0.3 is 0 Å². The second-order valence-corrected chi connectivity index (χ2v) is 5.52. The van der Waals surface area contributed by atoms with Crippen LogP contribution >= 0.6 is 23.2 Å². The summed E-state index contributed by atoms with van der Waals surface area (Å²) >= 11 is 12.4. The Kier molecular flexibility index (Phi) is 4.57. The Morgan fingerprint density at radius 1 is 1.33 bits per heavy atom. The van der Waals surface area contributed by atoms with Crippen molar-refractivity contribution in [3.05, 3.63) is 16.1 Å². The molecule has 1 fully saturated rings. The van der Waals surface area contributed by atoms with E-state index in [1.54, 1.807) is 6.07 Å². The molecule has 0 atom stereocenters. The van der Waals surface area contributed by atoms with Crippen LogP contribution in [-0.4, -0.2) is 24.6 Å². The lowest BCUT2D eigenvalue weighted by atomic mass is 10.2. The molecule has 18 heavy (non-hydrogen) atoms. The number of hydrogen-bond donors (Lipinski definition) is 1. The Morgan fingerprint density at radius 3 is 2.61 bits per heavy atom. The van der Waals surface area contributed by atoms with E-state index in [2.05, 4.69) is 22.2 Å². The van der Waals surface area contributed by atoms with E-state index in [1.807, 2.05) is 6.92 Å². The molecule has 2 rings (SSSR count). The average molecular weight is 288 g/mol. The van der Waals surface area contributed by atoms with Crippen LogP contribution in [0.4, 0.5) is 11.6 Å². The lowest BCUT2D eigenvalue weighted by molar-refractivity contribution is 0.647. The zero-order valence-electron chi connectivity index (χ0n) is 10.8. The predicted octanol–water partition coefficient (Wildman–Crippen LogP) is 4.20.